The minimum Gasteiger partial charge on any atom is -0.264 e. The molecule has 0 unspecified atom stereocenters. The summed E-state index contributed by atoms with van der Waals surface area (Å²) in [6, 6.07) is 2.01. The zero-order valence-electron chi connectivity index (χ0n) is 9.04. The molecule has 1 aromatic rings. The molecule has 1 rings (SSSR count). The van der Waals surface area contributed by atoms with E-state index in [2.05, 4.69) is 31.8 Å². The number of pyridine rings is 1. The maximum atomic E-state index is 4.01. The highest BCUT2D eigenvalue weighted by molar-refractivity contribution is 5.51. The van der Waals surface area contributed by atoms with E-state index in [1.807, 2.05) is 31.5 Å². The van der Waals surface area contributed by atoms with Gasteiger partial charge in [-0.2, -0.15) is 0 Å². The first-order chi connectivity index (χ1) is 6.26. The topological polar surface area (TPSA) is 12.9 Å². The summed E-state index contributed by atoms with van der Waals surface area (Å²) in [5.41, 5.74) is 2.47. The van der Waals surface area contributed by atoms with Gasteiger partial charge in [0, 0.05) is 12.4 Å². The van der Waals surface area contributed by atoms with Crippen molar-refractivity contribution in [2.24, 2.45) is 0 Å². The van der Waals surface area contributed by atoms with Gasteiger partial charge in [0.05, 0.1) is 0 Å². The molecule has 1 heterocycles. The fourth-order valence-electron chi connectivity index (χ4n) is 0.830. The molecule has 0 radical (unpaired) electrons. The lowest BCUT2D eigenvalue weighted by molar-refractivity contribution is 1.09. The average molecular weight is 177 g/mol. The van der Waals surface area contributed by atoms with Crippen molar-refractivity contribution < 1.29 is 0 Å². The Bertz CT molecular complexity index is 251. The Morgan fingerprint density at radius 3 is 2.46 bits per heavy atom. The van der Waals surface area contributed by atoms with Crippen LogP contribution in [0.5, 0.6) is 0 Å². The summed E-state index contributed by atoms with van der Waals surface area (Å²) < 4.78 is 0. The standard InChI is InChI=1S/C9H11N.C3H8/c1-3-4-9-7-10-6-5-8(9)2;1-3-2/h3-7H,1-2H3;3H2,1-2H3/b4-3-;. The molecule has 0 amide bonds. The van der Waals surface area contributed by atoms with Crippen molar-refractivity contribution in [2.45, 2.75) is 34.1 Å². The molecule has 0 fully saturated rings. The van der Waals surface area contributed by atoms with Crippen molar-refractivity contribution in [3.05, 3.63) is 35.7 Å². The minimum absolute atomic E-state index is 1.20. The summed E-state index contributed by atoms with van der Waals surface area (Å²) >= 11 is 0. The van der Waals surface area contributed by atoms with Gasteiger partial charge in [-0.05, 0) is 31.0 Å². The molecule has 0 aliphatic rings. The van der Waals surface area contributed by atoms with Gasteiger partial charge in [-0.25, -0.2) is 0 Å². The van der Waals surface area contributed by atoms with E-state index in [4.69, 9.17) is 0 Å². The van der Waals surface area contributed by atoms with Gasteiger partial charge in [0.15, 0.2) is 0 Å². The summed E-state index contributed by atoms with van der Waals surface area (Å²) in [6.07, 6.45) is 9.00. The monoisotopic (exact) mass is 177 g/mol. The molecule has 0 spiro atoms. The Labute approximate surface area is 81.5 Å². The molecule has 13 heavy (non-hydrogen) atoms. The maximum Gasteiger partial charge on any atom is 0.0342 e. The van der Waals surface area contributed by atoms with E-state index in [1.54, 1.807) is 0 Å². The van der Waals surface area contributed by atoms with Crippen LogP contribution in [-0.2, 0) is 0 Å². The lowest BCUT2D eigenvalue weighted by Crippen LogP contribution is -1.80. The number of rotatable bonds is 1. The number of allylic oxidation sites excluding steroid dienone is 1. The lowest BCUT2D eigenvalue weighted by atomic mass is 10.1. The van der Waals surface area contributed by atoms with E-state index in [-0.39, 0.29) is 0 Å². The van der Waals surface area contributed by atoms with Crippen LogP contribution in [0.2, 0.25) is 0 Å². The normalized spacial score (nSPS) is 9.54. The lowest BCUT2D eigenvalue weighted by Gasteiger charge is -1.95. The van der Waals surface area contributed by atoms with Gasteiger partial charge in [-0.3, -0.25) is 4.98 Å². The maximum absolute atomic E-state index is 4.01. The van der Waals surface area contributed by atoms with Crippen molar-refractivity contribution in [3.63, 3.8) is 0 Å². The minimum atomic E-state index is 1.20. The van der Waals surface area contributed by atoms with Gasteiger partial charge < -0.3 is 0 Å². The Hall–Kier alpha value is -1.11. The molecule has 0 saturated heterocycles. The Kier molecular flexibility index (Phi) is 6.89. The van der Waals surface area contributed by atoms with E-state index < -0.39 is 0 Å². The number of hydrogen-bond donors (Lipinski definition) is 0. The van der Waals surface area contributed by atoms with Crippen molar-refractivity contribution in [2.75, 3.05) is 0 Å². The second kappa shape index (κ2) is 7.53. The van der Waals surface area contributed by atoms with Crippen LogP contribution >= 0.6 is 0 Å². The number of aromatic nitrogens is 1. The largest absolute Gasteiger partial charge is 0.264 e. The summed E-state index contributed by atoms with van der Waals surface area (Å²) in [6.45, 7) is 8.34. The molecule has 1 aromatic heterocycles. The van der Waals surface area contributed by atoms with E-state index in [9.17, 15) is 0 Å². The van der Waals surface area contributed by atoms with Gasteiger partial charge in [0.25, 0.3) is 0 Å². The van der Waals surface area contributed by atoms with Crippen molar-refractivity contribution in [1.82, 2.24) is 4.98 Å². The molecule has 0 saturated carbocycles. The van der Waals surface area contributed by atoms with Gasteiger partial charge in [-0.1, -0.05) is 32.4 Å². The van der Waals surface area contributed by atoms with Crippen molar-refractivity contribution >= 4 is 6.08 Å². The van der Waals surface area contributed by atoms with E-state index >= 15 is 0 Å². The molecule has 72 valence electrons. The first-order valence-corrected chi connectivity index (χ1v) is 4.79. The third kappa shape index (κ3) is 5.18. The summed E-state index contributed by atoms with van der Waals surface area (Å²) in [5.74, 6) is 0. The number of hydrogen-bond acceptors (Lipinski definition) is 1. The zero-order chi connectivity index (χ0) is 10.1. The SMILES string of the molecule is C/C=C\c1cnccc1C.CCC. The van der Waals surface area contributed by atoms with Crippen molar-refractivity contribution in [3.8, 4) is 0 Å². The third-order valence-corrected chi connectivity index (χ3v) is 1.43. The summed E-state index contributed by atoms with van der Waals surface area (Å²) in [4.78, 5) is 4.01. The van der Waals surface area contributed by atoms with Crippen LogP contribution in [0.25, 0.3) is 6.08 Å². The molecule has 1 heteroatoms. The van der Waals surface area contributed by atoms with Crippen LogP contribution in [0.4, 0.5) is 0 Å². The van der Waals surface area contributed by atoms with Crippen LogP contribution in [-0.4, -0.2) is 4.98 Å². The smallest absolute Gasteiger partial charge is 0.0342 e. The average Bonchev–Trinajstić information content (AvgIpc) is 2.11. The third-order valence-electron chi connectivity index (χ3n) is 1.43. The van der Waals surface area contributed by atoms with Crippen molar-refractivity contribution in [1.29, 1.82) is 0 Å². The van der Waals surface area contributed by atoms with Gasteiger partial charge in [-0.15, -0.1) is 0 Å². The summed E-state index contributed by atoms with van der Waals surface area (Å²) in [7, 11) is 0. The number of aryl methyl sites for hydroxylation is 1. The Morgan fingerprint density at radius 1 is 1.38 bits per heavy atom. The highest BCUT2D eigenvalue weighted by Crippen LogP contribution is 2.05. The fraction of sp³-hybridized carbons (Fsp3) is 0.417. The molecular formula is C12H19N. The van der Waals surface area contributed by atoms with Gasteiger partial charge >= 0.3 is 0 Å². The first-order valence-electron chi connectivity index (χ1n) is 4.79. The molecular weight excluding hydrogens is 158 g/mol. The second-order valence-electron chi connectivity index (χ2n) is 2.94. The highest BCUT2D eigenvalue weighted by atomic mass is 14.6. The van der Waals surface area contributed by atoms with Gasteiger partial charge in [0.2, 0.25) is 0 Å². The van der Waals surface area contributed by atoms with Crippen LogP contribution in [0, 0.1) is 6.92 Å². The van der Waals surface area contributed by atoms with Gasteiger partial charge in [0.1, 0.15) is 0 Å². The van der Waals surface area contributed by atoms with E-state index in [0.29, 0.717) is 0 Å². The quantitative estimate of drug-likeness (QED) is 0.635. The zero-order valence-corrected chi connectivity index (χ0v) is 9.04. The predicted octanol–water partition coefficient (Wildman–Crippen LogP) is 3.84. The van der Waals surface area contributed by atoms with Crippen LogP contribution < -0.4 is 0 Å². The number of nitrogens with zero attached hydrogens (tertiary/aromatic N) is 1. The first kappa shape index (κ1) is 11.9. The summed E-state index contributed by atoms with van der Waals surface area (Å²) in [5, 5.41) is 0. The predicted molar refractivity (Wildman–Crippen MR) is 59.6 cm³/mol. The van der Waals surface area contributed by atoms with E-state index in [1.165, 1.54) is 17.5 Å². The Balaban J connectivity index is 0.000000424. The highest BCUT2D eigenvalue weighted by Gasteiger charge is 1.88. The molecule has 0 N–H and O–H groups in total. The molecule has 0 aromatic carbocycles. The molecule has 0 atom stereocenters. The van der Waals surface area contributed by atoms with E-state index in [0.717, 1.165) is 0 Å². The van der Waals surface area contributed by atoms with Crippen LogP contribution in [0.15, 0.2) is 24.5 Å². The molecule has 0 aliphatic heterocycles. The molecule has 0 bridgehead atoms. The van der Waals surface area contributed by atoms with Crippen LogP contribution in [0.3, 0.4) is 0 Å². The second-order valence-corrected chi connectivity index (χ2v) is 2.94. The fourth-order valence-corrected chi connectivity index (χ4v) is 0.830. The molecule has 1 nitrogen and oxygen atoms in total. The van der Waals surface area contributed by atoms with Crippen LogP contribution in [0.1, 0.15) is 38.3 Å². The molecule has 0 aliphatic carbocycles. The Morgan fingerprint density at radius 2 is 2.00 bits per heavy atom.